The number of benzene rings is 1. The van der Waals surface area contributed by atoms with Crippen molar-refractivity contribution in [3.8, 4) is 5.75 Å². The second kappa shape index (κ2) is 8.00. The fraction of sp³-hybridized carbons (Fsp3) is 0.385. The normalized spacial score (nSPS) is 11.2. The molecule has 0 saturated carbocycles. The number of rotatable bonds is 7. The van der Waals surface area contributed by atoms with Gasteiger partial charge in [0.05, 0.1) is 19.2 Å². The summed E-state index contributed by atoms with van der Waals surface area (Å²) in [5.41, 5.74) is 6.99. The van der Waals surface area contributed by atoms with Gasteiger partial charge in [-0.15, -0.1) is 0 Å². The molecule has 0 spiro atoms. The van der Waals surface area contributed by atoms with Crippen molar-refractivity contribution in [2.45, 2.75) is 13.5 Å². The fourth-order valence-corrected chi connectivity index (χ4v) is 1.69. The summed E-state index contributed by atoms with van der Waals surface area (Å²) in [7, 11) is 1.51. The molecule has 0 atom stereocenters. The molecule has 0 aromatic heterocycles. The van der Waals surface area contributed by atoms with E-state index in [1.54, 1.807) is 12.1 Å². The first-order chi connectivity index (χ1) is 9.62. The zero-order valence-corrected chi connectivity index (χ0v) is 11.6. The molecule has 0 bridgehead atoms. The van der Waals surface area contributed by atoms with Crippen LogP contribution in [0.3, 0.4) is 0 Å². The lowest BCUT2D eigenvalue weighted by atomic mass is 10.1. The molecule has 0 saturated heterocycles. The summed E-state index contributed by atoms with van der Waals surface area (Å²) in [6.07, 6.45) is 0. The molecule has 0 aliphatic rings. The van der Waals surface area contributed by atoms with Crippen LogP contribution in [0.4, 0.5) is 0 Å². The Morgan fingerprint density at radius 1 is 1.50 bits per heavy atom. The monoisotopic (exact) mass is 280 g/mol. The Labute approximate surface area is 117 Å². The van der Waals surface area contributed by atoms with E-state index in [0.29, 0.717) is 24.4 Å². The minimum absolute atomic E-state index is 0.0105. The molecule has 0 aliphatic carbocycles. The lowest BCUT2D eigenvalue weighted by Crippen LogP contribution is -2.33. The van der Waals surface area contributed by atoms with Crippen LogP contribution in [0, 0.1) is 0 Å². The van der Waals surface area contributed by atoms with E-state index in [9.17, 15) is 4.79 Å². The summed E-state index contributed by atoms with van der Waals surface area (Å²) in [6, 6.07) is 5.30. The second-order valence-corrected chi connectivity index (χ2v) is 4.08. The van der Waals surface area contributed by atoms with Crippen LogP contribution in [0.15, 0.2) is 23.4 Å². The van der Waals surface area contributed by atoms with E-state index in [2.05, 4.69) is 15.8 Å². The van der Waals surface area contributed by atoms with Crippen LogP contribution in [0.2, 0.25) is 0 Å². The number of hydrogen-bond donors (Lipinski definition) is 4. The molecule has 0 fully saturated rings. The van der Waals surface area contributed by atoms with Gasteiger partial charge in [-0.05, 0) is 24.6 Å². The van der Waals surface area contributed by atoms with Crippen molar-refractivity contribution in [3.63, 3.8) is 0 Å². The topological polar surface area (TPSA) is 109 Å². The first-order valence-corrected chi connectivity index (χ1v) is 6.24. The summed E-state index contributed by atoms with van der Waals surface area (Å²) in [5, 5.41) is 17.4. The molecule has 0 heterocycles. The molecule has 0 unspecified atom stereocenters. The zero-order valence-electron chi connectivity index (χ0n) is 11.6. The van der Waals surface area contributed by atoms with Crippen LogP contribution in [0.1, 0.15) is 18.1 Å². The van der Waals surface area contributed by atoms with Gasteiger partial charge in [-0.3, -0.25) is 4.79 Å². The van der Waals surface area contributed by atoms with Gasteiger partial charge in [-0.2, -0.15) is 0 Å². The lowest BCUT2D eigenvalue weighted by Gasteiger charge is -2.10. The summed E-state index contributed by atoms with van der Waals surface area (Å²) in [6.45, 7) is 3.25. The summed E-state index contributed by atoms with van der Waals surface area (Å²) in [5.74, 6) is 0.453. The Balaban J connectivity index is 2.67. The number of carbonyl (C=O) groups is 1. The molecule has 0 radical (unpaired) electrons. The first-order valence-electron chi connectivity index (χ1n) is 6.24. The summed E-state index contributed by atoms with van der Waals surface area (Å²) in [4.78, 5) is 11.3. The van der Waals surface area contributed by atoms with Gasteiger partial charge in [-0.25, -0.2) is 0 Å². The third-order valence-corrected chi connectivity index (χ3v) is 2.64. The van der Waals surface area contributed by atoms with Crippen molar-refractivity contribution >= 4 is 11.7 Å². The number of carbonyl (C=O) groups excluding carboxylic acids is 1. The molecule has 1 amide bonds. The van der Waals surface area contributed by atoms with Gasteiger partial charge in [0.15, 0.2) is 5.84 Å². The predicted molar refractivity (Wildman–Crippen MR) is 75.9 cm³/mol. The standard InChI is InChI=1S/C13H20N4O3/c1-3-16-12(18)8-15-7-9-4-5-10(13(14)17-19)11(6-9)20-2/h4-6,15,19H,3,7-8H2,1-2H3,(H2,14,17)(H,16,18). The SMILES string of the molecule is CCNC(=O)CNCc1ccc(/C(N)=N/O)c(OC)c1. The van der Waals surface area contributed by atoms with Crippen molar-refractivity contribution in [2.24, 2.45) is 10.9 Å². The highest BCUT2D eigenvalue weighted by Crippen LogP contribution is 2.19. The first kappa shape index (κ1) is 15.8. The largest absolute Gasteiger partial charge is 0.496 e. The smallest absolute Gasteiger partial charge is 0.233 e. The third kappa shape index (κ3) is 4.43. The van der Waals surface area contributed by atoms with Crippen molar-refractivity contribution < 1.29 is 14.7 Å². The maximum atomic E-state index is 11.3. The van der Waals surface area contributed by atoms with Gasteiger partial charge < -0.3 is 26.3 Å². The van der Waals surface area contributed by atoms with Crippen LogP contribution in [0.5, 0.6) is 5.75 Å². The number of nitrogens with two attached hydrogens (primary N) is 1. The summed E-state index contributed by atoms with van der Waals surface area (Å²) < 4.78 is 5.20. The van der Waals surface area contributed by atoms with E-state index >= 15 is 0 Å². The van der Waals surface area contributed by atoms with E-state index in [1.165, 1.54) is 7.11 Å². The molecule has 1 aromatic rings. The molecular weight excluding hydrogens is 260 g/mol. The van der Waals surface area contributed by atoms with Crippen LogP contribution in [0.25, 0.3) is 0 Å². The van der Waals surface area contributed by atoms with Crippen LogP contribution >= 0.6 is 0 Å². The van der Waals surface area contributed by atoms with Gasteiger partial charge in [0.2, 0.25) is 5.91 Å². The Morgan fingerprint density at radius 2 is 2.25 bits per heavy atom. The average molecular weight is 280 g/mol. The maximum absolute atomic E-state index is 11.3. The van der Waals surface area contributed by atoms with Gasteiger partial charge in [0.1, 0.15) is 5.75 Å². The van der Waals surface area contributed by atoms with E-state index < -0.39 is 0 Å². The molecule has 7 nitrogen and oxygen atoms in total. The molecule has 20 heavy (non-hydrogen) atoms. The minimum atomic E-state index is -0.0484. The van der Waals surface area contributed by atoms with E-state index in [1.807, 2.05) is 13.0 Å². The molecule has 0 aliphatic heterocycles. The minimum Gasteiger partial charge on any atom is -0.496 e. The highest BCUT2D eigenvalue weighted by Gasteiger charge is 2.08. The van der Waals surface area contributed by atoms with Gasteiger partial charge in [0.25, 0.3) is 0 Å². The Morgan fingerprint density at radius 3 is 2.85 bits per heavy atom. The van der Waals surface area contributed by atoms with Crippen LogP contribution < -0.4 is 21.1 Å². The van der Waals surface area contributed by atoms with E-state index in [0.717, 1.165) is 5.56 Å². The second-order valence-electron chi connectivity index (χ2n) is 4.08. The summed E-state index contributed by atoms with van der Waals surface area (Å²) >= 11 is 0. The molecule has 7 heteroatoms. The van der Waals surface area contributed by atoms with Gasteiger partial charge in [0, 0.05) is 13.1 Å². The molecule has 1 rings (SSSR count). The molecular formula is C13H20N4O3. The molecule has 5 N–H and O–H groups in total. The Hall–Kier alpha value is -2.28. The van der Waals surface area contributed by atoms with Crippen molar-refractivity contribution in [1.29, 1.82) is 0 Å². The third-order valence-electron chi connectivity index (χ3n) is 2.64. The van der Waals surface area contributed by atoms with Crippen LogP contribution in [-0.2, 0) is 11.3 Å². The Kier molecular flexibility index (Phi) is 6.31. The lowest BCUT2D eigenvalue weighted by molar-refractivity contribution is -0.120. The van der Waals surface area contributed by atoms with E-state index in [4.69, 9.17) is 15.7 Å². The average Bonchev–Trinajstić information content (AvgIpc) is 2.46. The number of amidine groups is 1. The van der Waals surface area contributed by atoms with E-state index in [-0.39, 0.29) is 18.3 Å². The number of methoxy groups -OCH3 is 1. The number of likely N-dealkylation sites (N-methyl/N-ethyl adjacent to an activating group) is 1. The Bertz CT molecular complexity index is 489. The number of ether oxygens (including phenoxy) is 1. The van der Waals surface area contributed by atoms with Crippen molar-refractivity contribution in [1.82, 2.24) is 10.6 Å². The van der Waals surface area contributed by atoms with Gasteiger partial charge in [-0.1, -0.05) is 11.2 Å². The predicted octanol–water partition coefficient (Wildman–Crippen LogP) is 0.0154. The van der Waals surface area contributed by atoms with Crippen LogP contribution in [-0.4, -0.2) is 37.1 Å². The highest BCUT2D eigenvalue weighted by atomic mass is 16.5. The van der Waals surface area contributed by atoms with Crippen molar-refractivity contribution in [3.05, 3.63) is 29.3 Å². The highest BCUT2D eigenvalue weighted by molar-refractivity contribution is 5.99. The number of hydrogen-bond acceptors (Lipinski definition) is 5. The number of nitrogens with zero attached hydrogens (tertiary/aromatic N) is 1. The number of oxime groups is 1. The molecule has 110 valence electrons. The quantitative estimate of drug-likeness (QED) is 0.243. The fourth-order valence-electron chi connectivity index (χ4n) is 1.69. The van der Waals surface area contributed by atoms with Gasteiger partial charge >= 0.3 is 0 Å². The van der Waals surface area contributed by atoms with Crippen molar-refractivity contribution in [2.75, 3.05) is 20.2 Å². The zero-order chi connectivity index (χ0) is 15.0. The maximum Gasteiger partial charge on any atom is 0.233 e. The molecule has 1 aromatic carbocycles. The number of nitrogens with one attached hydrogen (secondary N) is 2. The number of amides is 1.